The molecule has 1 atom stereocenters. The van der Waals surface area contributed by atoms with E-state index >= 15 is 0 Å². The summed E-state index contributed by atoms with van der Waals surface area (Å²) >= 11 is 0. The Balaban J connectivity index is 1.27. The third-order valence-electron chi connectivity index (χ3n) is 7.19. The molecule has 2 heterocycles. The number of hydrogen-bond donors (Lipinski definition) is 1. The second-order valence-corrected chi connectivity index (χ2v) is 10.0. The molecule has 0 amide bonds. The second kappa shape index (κ2) is 13.3. The normalized spacial score (nSPS) is 15.1. The predicted molar refractivity (Wildman–Crippen MR) is 152 cm³/mol. The molecule has 3 aromatic carbocycles. The fraction of sp³-hybridized carbons (Fsp3) is 0.355. The number of aryl methyl sites for hydroxylation is 1. The van der Waals surface area contributed by atoms with Gasteiger partial charge in [-0.3, -0.25) is 14.6 Å². The highest BCUT2D eigenvalue weighted by molar-refractivity contribution is 5.69. The minimum absolute atomic E-state index is 0.0199. The summed E-state index contributed by atoms with van der Waals surface area (Å²) in [6.45, 7) is 7.45. The van der Waals surface area contributed by atoms with Gasteiger partial charge in [0, 0.05) is 44.7 Å². The molecule has 0 aliphatic carbocycles. The lowest BCUT2D eigenvalue weighted by atomic mass is 9.95. The Labute approximate surface area is 235 Å². The van der Waals surface area contributed by atoms with Crippen LogP contribution in [0, 0.1) is 0 Å². The summed E-state index contributed by atoms with van der Waals surface area (Å²) in [5, 5.41) is 23.1. The SMILES string of the molecule is CCOC(=O)CCCn1nnc(-c2ccc([C@H](c3cccc(O)c3)N3CCN(Cc4ccccc4)CC3)cc2)n1. The van der Waals surface area contributed by atoms with Gasteiger partial charge in [0.2, 0.25) is 5.82 Å². The number of phenolic OH excluding ortho intramolecular Hbond substituents is 1. The topological polar surface area (TPSA) is 96.6 Å². The number of nitrogens with zero attached hydrogens (tertiary/aromatic N) is 6. The average molecular weight is 541 g/mol. The summed E-state index contributed by atoms with van der Waals surface area (Å²) in [6.07, 6.45) is 0.925. The largest absolute Gasteiger partial charge is 0.508 e. The Bertz CT molecular complexity index is 1370. The standard InChI is InChI=1S/C31H36N6O3/c1-2-40-29(39)12-7-17-37-33-31(32-34-37)26-15-13-25(14-16-26)30(27-10-6-11-28(38)22-27)36-20-18-35(19-21-36)23-24-8-4-3-5-9-24/h3-6,8-11,13-16,22,30,38H,2,7,12,17-21,23H2,1H3/t30-/m1/s1. The van der Waals surface area contributed by atoms with Gasteiger partial charge in [0.05, 0.1) is 19.2 Å². The Kier molecular flexibility index (Phi) is 9.15. The zero-order valence-electron chi connectivity index (χ0n) is 22.9. The quantitative estimate of drug-likeness (QED) is 0.282. The number of ether oxygens (including phenoxy) is 1. The maximum absolute atomic E-state index is 11.6. The molecule has 1 fully saturated rings. The van der Waals surface area contributed by atoms with E-state index in [0.29, 0.717) is 31.8 Å². The molecular weight excluding hydrogens is 504 g/mol. The molecule has 5 rings (SSSR count). The van der Waals surface area contributed by atoms with E-state index < -0.39 is 0 Å². The molecule has 0 radical (unpaired) electrons. The van der Waals surface area contributed by atoms with E-state index in [9.17, 15) is 9.90 Å². The highest BCUT2D eigenvalue weighted by Crippen LogP contribution is 2.32. The first-order chi connectivity index (χ1) is 19.6. The Morgan fingerprint density at radius 1 is 0.950 bits per heavy atom. The maximum atomic E-state index is 11.6. The van der Waals surface area contributed by atoms with Gasteiger partial charge < -0.3 is 9.84 Å². The molecule has 1 aliphatic rings. The average Bonchev–Trinajstić information content (AvgIpc) is 3.44. The predicted octanol–water partition coefficient (Wildman–Crippen LogP) is 4.30. The van der Waals surface area contributed by atoms with Crippen LogP contribution in [0.25, 0.3) is 11.4 Å². The lowest BCUT2D eigenvalue weighted by Crippen LogP contribution is -2.47. The summed E-state index contributed by atoms with van der Waals surface area (Å²) in [4.78, 5) is 18.1. The van der Waals surface area contributed by atoms with E-state index in [2.05, 4.69) is 73.7 Å². The van der Waals surface area contributed by atoms with Crippen molar-refractivity contribution in [3.8, 4) is 17.1 Å². The number of benzene rings is 3. The molecular formula is C31H36N6O3. The van der Waals surface area contributed by atoms with Crippen molar-refractivity contribution in [2.24, 2.45) is 0 Å². The van der Waals surface area contributed by atoms with Crippen molar-refractivity contribution in [2.75, 3.05) is 32.8 Å². The summed E-state index contributed by atoms with van der Waals surface area (Å²) in [7, 11) is 0. The number of aromatic nitrogens is 4. The minimum atomic E-state index is -0.211. The van der Waals surface area contributed by atoms with Gasteiger partial charge in [-0.1, -0.05) is 66.7 Å². The summed E-state index contributed by atoms with van der Waals surface area (Å²) < 4.78 is 4.97. The van der Waals surface area contributed by atoms with E-state index in [0.717, 1.165) is 49.4 Å². The van der Waals surface area contributed by atoms with Gasteiger partial charge in [-0.05, 0) is 47.4 Å². The van der Waals surface area contributed by atoms with Crippen molar-refractivity contribution in [2.45, 2.75) is 38.9 Å². The van der Waals surface area contributed by atoms with E-state index in [4.69, 9.17) is 4.74 Å². The fourth-order valence-electron chi connectivity index (χ4n) is 5.20. The molecule has 1 aromatic heterocycles. The molecule has 208 valence electrons. The van der Waals surface area contributed by atoms with E-state index in [1.165, 1.54) is 10.4 Å². The summed E-state index contributed by atoms with van der Waals surface area (Å²) in [5.74, 6) is 0.606. The number of carbonyl (C=O) groups excluding carboxylic acids is 1. The lowest BCUT2D eigenvalue weighted by molar-refractivity contribution is -0.143. The molecule has 0 bridgehead atoms. The van der Waals surface area contributed by atoms with Crippen LogP contribution in [0.1, 0.15) is 42.5 Å². The van der Waals surface area contributed by atoms with Crippen LogP contribution in [0.3, 0.4) is 0 Å². The summed E-state index contributed by atoms with van der Waals surface area (Å²) in [5.41, 5.74) is 4.42. The van der Waals surface area contributed by atoms with Crippen molar-refractivity contribution in [3.05, 3.63) is 95.6 Å². The van der Waals surface area contributed by atoms with E-state index in [1.807, 2.05) is 24.3 Å². The van der Waals surface area contributed by atoms with Crippen molar-refractivity contribution in [1.29, 1.82) is 0 Å². The second-order valence-electron chi connectivity index (χ2n) is 10.0. The number of phenols is 1. The molecule has 4 aromatic rings. The van der Waals surface area contributed by atoms with Crippen LogP contribution in [0.15, 0.2) is 78.9 Å². The van der Waals surface area contributed by atoms with Crippen LogP contribution >= 0.6 is 0 Å². The summed E-state index contributed by atoms with van der Waals surface area (Å²) in [6, 6.07) is 26.5. The third-order valence-corrected chi connectivity index (χ3v) is 7.19. The van der Waals surface area contributed by atoms with Crippen LogP contribution in [0.2, 0.25) is 0 Å². The van der Waals surface area contributed by atoms with Crippen LogP contribution in [-0.4, -0.2) is 73.9 Å². The Hall–Kier alpha value is -4.08. The van der Waals surface area contributed by atoms with Crippen molar-refractivity contribution >= 4 is 5.97 Å². The first kappa shape index (κ1) is 27.5. The van der Waals surface area contributed by atoms with Crippen molar-refractivity contribution < 1.29 is 14.6 Å². The third kappa shape index (κ3) is 7.11. The molecule has 9 heteroatoms. The van der Waals surface area contributed by atoms with Gasteiger partial charge in [0.25, 0.3) is 0 Å². The number of hydrogen-bond acceptors (Lipinski definition) is 8. The van der Waals surface area contributed by atoms with Gasteiger partial charge in [0.1, 0.15) is 5.75 Å². The number of tetrazole rings is 1. The van der Waals surface area contributed by atoms with Crippen LogP contribution in [-0.2, 0) is 22.6 Å². The highest BCUT2D eigenvalue weighted by Gasteiger charge is 2.27. The van der Waals surface area contributed by atoms with E-state index in [-0.39, 0.29) is 17.8 Å². The number of aromatic hydroxyl groups is 1. The Morgan fingerprint density at radius 2 is 1.73 bits per heavy atom. The molecule has 0 spiro atoms. The number of carbonyl (C=O) groups is 1. The Morgan fingerprint density at radius 3 is 2.45 bits per heavy atom. The van der Waals surface area contributed by atoms with Crippen molar-refractivity contribution in [1.82, 2.24) is 30.0 Å². The van der Waals surface area contributed by atoms with Gasteiger partial charge in [-0.2, -0.15) is 4.80 Å². The highest BCUT2D eigenvalue weighted by atomic mass is 16.5. The smallest absolute Gasteiger partial charge is 0.305 e. The zero-order chi connectivity index (χ0) is 27.7. The van der Waals surface area contributed by atoms with Gasteiger partial charge in [-0.25, -0.2) is 0 Å². The number of esters is 1. The fourth-order valence-corrected chi connectivity index (χ4v) is 5.20. The van der Waals surface area contributed by atoms with Gasteiger partial charge >= 0.3 is 5.97 Å². The van der Waals surface area contributed by atoms with E-state index in [1.54, 1.807) is 13.0 Å². The molecule has 40 heavy (non-hydrogen) atoms. The molecule has 0 saturated carbocycles. The van der Waals surface area contributed by atoms with Gasteiger partial charge in [0.15, 0.2) is 0 Å². The number of rotatable bonds is 11. The van der Waals surface area contributed by atoms with Crippen LogP contribution < -0.4 is 0 Å². The van der Waals surface area contributed by atoms with Crippen molar-refractivity contribution in [3.63, 3.8) is 0 Å². The minimum Gasteiger partial charge on any atom is -0.508 e. The molecule has 9 nitrogen and oxygen atoms in total. The molecule has 1 aliphatic heterocycles. The monoisotopic (exact) mass is 540 g/mol. The number of piperazine rings is 1. The first-order valence-corrected chi connectivity index (χ1v) is 13.9. The molecule has 1 saturated heterocycles. The van der Waals surface area contributed by atoms with Crippen LogP contribution in [0.5, 0.6) is 5.75 Å². The van der Waals surface area contributed by atoms with Gasteiger partial charge in [-0.15, -0.1) is 10.2 Å². The van der Waals surface area contributed by atoms with Crippen LogP contribution in [0.4, 0.5) is 0 Å². The zero-order valence-corrected chi connectivity index (χ0v) is 22.9. The first-order valence-electron chi connectivity index (χ1n) is 13.9. The molecule has 1 N–H and O–H groups in total. The maximum Gasteiger partial charge on any atom is 0.305 e. The molecule has 0 unspecified atom stereocenters. The lowest BCUT2D eigenvalue weighted by Gasteiger charge is -2.40.